The Morgan fingerprint density at radius 3 is 2.31 bits per heavy atom. The first-order chi connectivity index (χ1) is 19.1. The van der Waals surface area contributed by atoms with Crippen molar-refractivity contribution in [2.24, 2.45) is 5.10 Å². The molecule has 2 saturated heterocycles. The Bertz CT molecular complexity index is 1270. The largest absolute Gasteiger partial charge is 0.493 e. The summed E-state index contributed by atoms with van der Waals surface area (Å²) in [5.41, 5.74) is 5.24. The summed E-state index contributed by atoms with van der Waals surface area (Å²) in [4.78, 5) is 30.9. The number of ether oxygens (including phenoxy) is 3. The van der Waals surface area contributed by atoms with Crippen LogP contribution in [0, 0.1) is 6.92 Å². The highest BCUT2D eigenvalue weighted by Gasteiger charge is 2.20. The molecule has 204 valence electrons. The molecule has 0 amide bonds. The number of methoxy groups -OCH3 is 1. The second kappa shape index (κ2) is 12.5. The van der Waals surface area contributed by atoms with E-state index in [0.717, 1.165) is 50.1 Å². The number of carbonyl (C=O) groups excluding carboxylic acids is 1. The van der Waals surface area contributed by atoms with Crippen LogP contribution in [0.2, 0.25) is 0 Å². The Hall–Kier alpha value is -4.25. The average molecular weight is 532 g/mol. The minimum atomic E-state index is -0.452. The Labute approximate surface area is 227 Å². The van der Waals surface area contributed by atoms with Crippen molar-refractivity contribution < 1.29 is 19.0 Å². The fourth-order valence-corrected chi connectivity index (χ4v) is 4.41. The molecule has 0 bridgehead atoms. The van der Waals surface area contributed by atoms with Crippen LogP contribution in [0.5, 0.6) is 11.5 Å². The van der Waals surface area contributed by atoms with Gasteiger partial charge in [-0.25, -0.2) is 10.2 Å². The van der Waals surface area contributed by atoms with Gasteiger partial charge in [-0.3, -0.25) is 0 Å². The maximum absolute atomic E-state index is 12.5. The normalized spacial score (nSPS) is 15.8. The summed E-state index contributed by atoms with van der Waals surface area (Å²) in [5, 5.41) is 4.35. The number of morpholine rings is 1. The quantitative estimate of drug-likeness (QED) is 0.200. The third-order valence-electron chi connectivity index (χ3n) is 6.60. The van der Waals surface area contributed by atoms with Gasteiger partial charge in [-0.1, -0.05) is 17.7 Å². The molecule has 0 atom stereocenters. The first kappa shape index (κ1) is 26.4. The molecule has 0 aliphatic carbocycles. The van der Waals surface area contributed by atoms with Crippen molar-refractivity contribution in [1.82, 2.24) is 15.0 Å². The number of nitrogens with one attached hydrogen (secondary N) is 1. The molecule has 0 saturated carbocycles. The van der Waals surface area contributed by atoms with Gasteiger partial charge in [0.2, 0.25) is 17.8 Å². The predicted molar refractivity (Wildman–Crippen MR) is 149 cm³/mol. The molecule has 1 aromatic heterocycles. The monoisotopic (exact) mass is 531 g/mol. The summed E-state index contributed by atoms with van der Waals surface area (Å²) in [6, 6.07) is 12.4. The maximum Gasteiger partial charge on any atom is 0.343 e. The summed E-state index contributed by atoms with van der Waals surface area (Å²) >= 11 is 0. The highest BCUT2D eigenvalue weighted by molar-refractivity contribution is 5.91. The van der Waals surface area contributed by atoms with E-state index in [-0.39, 0.29) is 0 Å². The van der Waals surface area contributed by atoms with Crippen molar-refractivity contribution in [3.8, 4) is 11.5 Å². The summed E-state index contributed by atoms with van der Waals surface area (Å²) in [6.07, 6.45) is 5.10. The number of benzene rings is 2. The lowest BCUT2D eigenvalue weighted by atomic mass is 10.1. The van der Waals surface area contributed by atoms with E-state index in [4.69, 9.17) is 19.2 Å². The number of aromatic nitrogens is 3. The molecule has 2 fully saturated rings. The SMILES string of the molecule is COc1cc(/C=N/Nc2nc(N3CCCCC3)nc(N3CCOCC3)n2)ccc1OC(=O)c1ccc(C)cc1. The number of rotatable bonds is 8. The van der Waals surface area contributed by atoms with E-state index < -0.39 is 5.97 Å². The summed E-state index contributed by atoms with van der Waals surface area (Å²) in [7, 11) is 1.53. The van der Waals surface area contributed by atoms with E-state index in [9.17, 15) is 4.79 Å². The van der Waals surface area contributed by atoms with E-state index >= 15 is 0 Å². The predicted octanol–water partition coefficient (Wildman–Crippen LogP) is 3.68. The average Bonchev–Trinajstić information content (AvgIpc) is 2.99. The van der Waals surface area contributed by atoms with Gasteiger partial charge >= 0.3 is 5.97 Å². The molecule has 39 heavy (non-hydrogen) atoms. The topological polar surface area (TPSA) is 114 Å². The van der Waals surface area contributed by atoms with Crippen LogP contribution < -0.4 is 24.7 Å². The summed E-state index contributed by atoms with van der Waals surface area (Å²) in [5.74, 6) is 1.94. The zero-order chi connectivity index (χ0) is 27.0. The molecule has 3 aromatic rings. The summed E-state index contributed by atoms with van der Waals surface area (Å²) in [6.45, 7) is 6.56. The minimum absolute atomic E-state index is 0.326. The van der Waals surface area contributed by atoms with Crippen molar-refractivity contribution in [2.75, 3.05) is 61.7 Å². The van der Waals surface area contributed by atoms with Crippen LogP contribution in [0.25, 0.3) is 0 Å². The number of aryl methyl sites for hydroxylation is 1. The van der Waals surface area contributed by atoms with Gasteiger partial charge in [0, 0.05) is 26.2 Å². The molecule has 1 N–H and O–H groups in total. The molecule has 2 aliphatic heterocycles. The minimum Gasteiger partial charge on any atom is -0.493 e. The number of hydrazone groups is 1. The molecule has 11 nitrogen and oxygen atoms in total. The fourth-order valence-electron chi connectivity index (χ4n) is 4.41. The Kier molecular flexibility index (Phi) is 8.47. The maximum atomic E-state index is 12.5. The molecule has 0 radical (unpaired) electrons. The molecule has 3 heterocycles. The lowest BCUT2D eigenvalue weighted by Crippen LogP contribution is -2.38. The van der Waals surface area contributed by atoms with Gasteiger partial charge in [-0.05, 0) is 62.1 Å². The van der Waals surface area contributed by atoms with E-state index in [1.54, 1.807) is 36.5 Å². The van der Waals surface area contributed by atoms with E-state index in [2.05, 4.69) is 30.3 Å². The lowest BCUT2D eigenvalue weighted by Gasteiger charge is -2.30. The van der Waals surface area contributed by atoms with E-state index in [0.29, 0.717) is 48.1 Å². The van der Waals surface area contributed by atoms with Crippen LogP contribution in [0.15, 0.2) is 47.6 Å². The van der Waals surface area contributed by atoms with Crippen molar-refractivity contribution in [3.63, 3.8) is 0 Å². The van der Waals surface area contributed by atoms with Gasteiger partial charge in [0.15, 0.2) is 11.5 Å². The van der Waals surface area contributed by atoms with Gasteiger partial charge in [-0.15, -0.1) is 0 Å². The smallest absolute Gasteiger partial charge is 0.343 e. The van der Waals surface area contributed by atoms with Crippen molar-refractivity contribution in [3.05, 3.63) is 59.2 Å². The fraction of sp³-hybridized carbons (Fsp3) is 0.393. The van der Waals surface area contributed by atoms with Crippen LogP contribution in [0.1, 0.15) is 40.7 Å². The van der Waals surface area contributed by atoms with Crippen LogP contribution in [0.3, 0.4) is 0 Å². The van der Waals surface area contributed by atoms with Crippen molar-refractivity contribution in [2.45, 2.75) is 26.2 Å². The Morgan fingerprint density at radius 2 is 1.62 bits per heavy atom. The van der Waals surface area contributed by atoms with Gasteiger partial charge in [0.05, 0.1) is 32.1 Å². The molecular formula is C28H33N7O4. The van der Waals surface area contributed by atoms with Crippen molar-refractivity contribution in [1.29, 1.82) is 0 Å². The second-order valence-corrected chi connectivity index (χ2v) is 9.44. The first-order valence-corrected chi connectivity index (χ1v) is 13.2. The van der Waals surface area contributed by atoms with Crippen LogP contribution in [-0.4, -0.2) is 73.6 Å². The standard InChI is InChI=1S/C28H33N7O4/c1-20-6-9-22(10-7-20)25(36)39-23-11-8-21(18-24(23)37-2)19-29-33-26-30-27(34-12-4-3-5-13-34)32-28(31-26)35-14-16-38-17-15-35/h6-11,18-19H,3-5,12-17H2,1-2H3,(H,30,31,32,33)/b29-19+. The number of hydrogen-bond donors (Lipinski definition) is 1. The van der Waals surface area contributed by atoms with Crippen LogP contribution in [0.4, 0.5) is 17.8 Å². The zero-order valence-electron chi connectivity index (χ0n) is 22.3. The van der Waals surface area contributed by atoms with E-state index in [1.807, 2.05) is 19.1 Å². The zero-order valence-corrected chi connectivity index (χ0v) is 22.3. The highest BCUT2D eigenvalue weighted by atomic mass is 16.6. The number of anilines is 3. The Balaban J connectivity index is 1.30. The van der Waals surface area contributed by atoms with Gasteiger partial charge < -0.3 is 24.0 Å². The number of nitrogens with zero attached hydrogens (tertiary/aromatic N) is 6. The number of esters is 1. The third kappa shape index (κ3) is 6.80. The van der Waals surface area contributed by atoms with Crippen LogP contribution in [-0.2, 0) is 4.74 Å². The summed E-state index contributed by atoms with van der Waals surface area (Å²) < 4.78 is 16.5. The van der Waals surface area contributed by atoms with Gasteiger partial charge in [-0.2, -0.15) is 20.1 Å². The molecule has 2 aliphatic rings. The first-order valence-electron chi connectivity index (χ1n) is 13.2. The second-order valence-electron chi connectivity index (χ2n) is 9.44. The molecule has 11 heteroatoms. The highest BCUT2D eigenvalue weighted by Crippen LogP contribution is 2.28. The van der Waals surface area contributed by atoms with Gasteiger partial charge in [0.1, 0.15) is 0 Å². The molecule has 0 spiro atoms. The number of hydrogen-bond acceptors (Lipinski definition) is 11. The molecule has 0 unspecified atom stereocenters. The third-order valence-corrected chi connectivity index (χ3v) is 6.60. The van der Waals surface area contributed by atoms with Crippen molar-refractivity contribution >= 4 is 30.0 Å². The molecule has 2 aromatic carbocycles. The number of piperidine rings is 1. The Morgan fingerprint density at radius 1 is 0.923 bits per heavy atom. The molecule has 5 rings (SSSR count). The molecular weight excluding hydrogens is 498 g/mol. The van der Waals surface area contributed by atoms with Gasteiger partial charge in [0.25, 0.3) is 0 Å². The van der Waals surface area contributed by atoms with E-state index in [1.165, 1.54) is 13.5 Å². The number of carbonyl (C=O) groups is 1. The lowest BCUT2D eigenvalue weighted by molar-refractivity contribution is 0.0729. The van der Waals surface area contributed by atoms with Crippen LogP contribution >= 0.6 is 0 Å².